The van der Waals surface area contributed by atoms with Crippen LogP contribution in [0.5, 0.6) is 5.75 Å². The molecule has 0 bridgehead atoms. The van der Waals surface area contributed by atoms with E-state index in [1.165, 1.54) is 31.2 Å². The lowest BCUT2D eigenvalue weighted by Crippen LogP contribution is -2.48. The summed E-state index contributed by atoms with van der Waals surface area (Å²) >= 11 is 0. The standard InChI is InChI=1S/C26H32FN3O5/c1-16-13-30(18(3)31)17(2)15-35-23-12-19(28-25(32)20-8-6-7-9-22(20)27)10-11-21(23)26(33)29(4)14-24(16)34-5/h6-12,16-17,24H,13-15H2,1-5H3,(H,28,32)/t16-,17-,24-/m1/s1. The molecule has 3 rings (SSSR count). The van der Waals surface area contributed by atoms with Crippen LogP contribution in [0.1, 0.15) is 41.5 Å². The van der Waals surface area contributed by atoms with Gasteiger partial charge in [-0.2, -0.15) is 0 Å². The molecule has 8 nitrogen and oxygen atoms in total. The highest BCUT2D eigenvalue weighted by Gasteiger charge is 2.29. The Hall–Kier alpha value is -3.46. The summed E-state index contributed by atoms with van der Waals surface area (Å²) in [6.07, 6.45) is -0.277. The summed E-state index contributed by atoms with van der Waals surface area (Å²) in [5.41, 5.74) is 0.558. The highest BCUT2D eigenvalue weighted by atomic mass is 19.1. The molecule has 0 fully saturated rings. The number of amides is 3. The lowest BCUT2D eigenvalue weighted by molar-refractivity contribution is -0.133. The third-order valence-corrected chi connectivity index (χ3v) is 6.23. The van der Waals surface area contributed by atoms with Gasteiger partial charge in [-0.1, -0.05) is 19.1 Å². The minimum absolute atomic E-state index is 0.0172. The number of hydrogen-bond donors (Lipinski definition) is 1. The van der Waals surface area contributed by atoms with E-state index in [0.29, 0.717) is 24.3 Å². The number of nitrogens with one attached hydrogen (secondary N) is 1. The van der Waals surface area contributed by atoms with E-state index in [9.17, 15) is 18.8 Å². The Bertz CT molecular complexity index is 1090. The number of carbonyl (C=O) groups is 3. The van der Waals surface area contributed by atoms with Gasteiger partial charge < -0.3 is 24.6 Å². The lowest BCUT2D eigenvalue weighted by atomic mass is 10.0. The number of nitrogens with zero attached hydrogens (tertiary/aromatic N) is 2. The molecule has 0 saturated carbocycles. The third kappa shape index (κ3) is 6.16. The molecule has 2 aromatic rings. The van der Waals surface area contributed by atoms with Gasteiger partial charge in [-0.25, -0.2) is 4.39 Å². The number of anilines is 1. The van der Waals surface area contributed by atoms with Crippen LogP contribution in [0.25, 0.3) is 0 Å². The highest BCUT2D eigenvalue weighted by Crippen LogP contribution is 2.27. The molecular weight excluding hydrogens is 453 g/mol. The van der Waals surface area contributed by atoms with E-state index in [1.54, 1.807) is 42.2 Å². The largest absolute Gasteiger partial charge is 0.491 e. The van der Waals surface area contributed by atoms with Crippen LogP contribution in [0.3, 0.4) is 0 Å². The Labute approximate surface area is 205 Å². The van der Waals surface area contributed by atoms with Crippen molar-refractivity contribution in [3.8, 4) is 5.75 Å². The van der Waals surface area contributed by atoms with Crippen molar-refractivity contribution in [1.29, 1.82) is 0 Å². The Balaban J connectivity index is 1.95. The van der Waals surface area contributed by atoms with Gasteiger partial charge in [0.2, 0.25) is 5.91 Å². The summed E-state index contributed by atoms with van der Waals surface area (Å²) in [7, 11) is 3.27. The second kappa shape index (κ2) is 11.3. The molecule has 0 aliphatic carbocycles. The molecular formula is C26H32FN3O5. The SMILES string of the molecule is CO[C@@H]1CN(C)C(=O)c2ccc(NC(=O)c3ccccc3F)cc2OC[C@@H](C)N(C(C)=O)C[C@H]1C. The van der Waals surface area contributed by atoms with Crippen molar-refractivity contribution in [3.05, 3.63) is 59.4 Å². The lowest BCUT2D eigenvalue weighted by Gasteiger charge is -2.35. The molecule has 1 aliphatic rings. The first-order valence-electron chi connectivity index (χ1n) is 11.5. The molecule has 35 heavy (non-hydrogen) atoms. The van der Waals surface area contributed by atoms with Gasteiger partial charge in [0, 0.05) is 51.8 Å². The number of ether oxygens (including phenoxy) is 2. The fraction of sp³-hybridized carbons (Fsp3) is 0.423. The molecule has 3 amide bonds. The third-order valence-electron chi connectivity index (χ3n) is 6.23. The summed E-state index contributed by atoms with van der Waals surface area (Å²) in [6, 6.07) is 10.1. The number of likely N-dealkylation sites (N-methyl/N-ethyl adjacent to an activating group) is 1. The number of methoxy groups -OCH3 is 1. The van der Waals surface area contributed by atoms with Gasteiger partial charge in [0.25, 0.3) is 11.8 Å². The van der Waals surface area contributed by atoms with Crippen molar-refractivity contribution < 1.29 is 28.2 Å². The average Bonchev–Trinajstić information content (AvgIpc) is 2.83. The summed E-state index contributed by atoms with van der Waals surface area (Å²) in [4.78, 5) is 41.5. The molecule has 0 saturated heterocycles. The van der Waals surface area contributed by atoms with Crippen molar-refractivity contribution in [2.24, 2.45) is 5.92 Å². The Morgan fingerprint density at radius 1 is 1.14 bits per heavy atom. The van der Waals surface area contributed by atoms with Gasteiger partial charge in [-0.05, 0) is 31.2 Å². The molecule has 1 heterocycles. The number of halogens is 1. The van der Waals surface area contributed by atoms with Crippen LogP contribution in [0.2, 0.25) is 0 Å². The van der Waals surface area contributed by atoms with E-state index in [1.807, 2.05) is 13.8 Å². The van der Waals surface area contributed by atoms with E-state index in [-0.39, 0.29) is 47.8 Å². The van der Waals surface area contributed by atoms with E-state index in [2.05, 4.69) is 5.32 Å². The van der Waals surface area contributed by atoms with Crippen molar-refractivity contribution in [1.82, 2.24) is 9.80 Å². The normalized spacial score (nSPS) is 21.3. The van der Waals surface area contributed by atoms with Crippen molar-refractivity contribution >= 4 is 23.4 Å². The van der Waals surface area contributed by atoms with Gasteiger partial charge >= 0.3 is 0 Å². The minimum Gasteiger partial charge on any atom is -0.491 e. The summed E-state index contributed by atoms with van der Waals surface area (Å²) in [5.74, 6) is -1.37. The summed E-state index contributed by atoms with van der Waals surface area (Å²) in [6.45, 7) is 6.28. The molecule has 3 atom stereocenters. The highest BCUT2D eigenvalue weighted by molar-refractivity contribution is 6.05. The van der Waals surface area contributed by atoms with Gasteiger partial charge in [0.05, 0.1) is 23.3 Å². The first-order valence-corrected chi connectivity index (χ1v) is 11.5. The van der Waals surface area contributed by atoms with E-state index < -0.39 is 11.7 Å². The van der Waals surface area contributed by atoms with Crippen LogP contribution < -0.4 is 10.1 Å². The molecule has 1 aliphatic heterocycles. The van der Waals surface area contributed by atoms with Gasteiger partial charge in [0.1, 0.15) is 18.2 Å². The number of benzene rings is 2. The maximum absolute atomic E-state index is 14.0. The van der Waals surface area contributed by atoms with Crippen LogP contribution in [-0.2, 0) is 9.53 Å². The molecule has 188 valence electrons. The van der Waals surface area contributed by atoms with E-state index in [0.717, 1.165) is 0 Å². The van der Waals surface area contributed by atoms with Crippen molar-refractivity contribution in [2.45, 2.75) is 32.9 Å². The predicted molar refractivity (Wildman–Crippen MR) is 130 cm³/mol. The van der Waals surface area contributed by atoms with Crippen LogP contribution in [-0.4, -0.2) is 73.5 Å². The zero-order chi connectivity index (χ0) is 25.7. The fourth-order valence-electron chi connectivity index (χ4n) is 4.13. The predicted octanol–water partition coefficient (Wildman–Crippen LogP) is 3.43. The summed E-state index contributed by atoms with van der Waals surface area (Å²) < 4.78 is 25.7. The molecule has 0 aromatic heterocycles. The molecule has 0 radical (unpaired) electrons. The van der Waals surface area contributed by atoms with Crippen LogP contribution in [0.15, 0.2) is 42.5 Å². The molecule has 0 unspecified atom stereocenters. The Kier molecular flexibility index (Phi) is 8.45. The van der Waals surface area contributed by atoms with Crippen molar-refractivity contribution in [3.63, 3.8) is 0 Å². The molecule has 9 heteroatoms. The van der Waals surface area contributed by atoms with E-state index in [4.69, 9.17) is 9.47 Å². The minimum atomic E-state index is -0.635. The number of rotatable bonds is 3. The molecule has 0 spiro atoms. The average molecular weight is 486 g/mol. The monoisotopic (exact) mass is 485 g/mol. The van der Waals surface area contributed by atoms with Crippen LogP contribution >= 0.6 is 0 Å². The van der Waals surface area contributed by atoms with Gasteiger partial charge in [-0.15, -0.1) is 0 Å². The van der Waals surface area contributed by atoms with Crippen LogP contribution in [0.4, 0.5) is 10.1 Å². The fourth-order valence-corrected chi connectivity index (χ4v) is 4.13. The number of hydrogen-bond acceptors (Lipinski definition) is 5. The number of fused-ring (bicyclic) bond motifs is 1. The second-order valence-electron chi connectivity index (χ2n) is 8.91. The maximum Gasteiger partial charge on any atom is 0.258 e. The first-order chi connectivity index (χ1) is 16.6. The summed E-state index contributed by atoms with van der Waals surface area (Å²) in [5, 5.41) is 2.65. The smallest absolute Gasteiger partial charge is 0.258 e. The zero-order valence-corrected chi connectivity index (χ0v) is 20.7. The zero-order valence-electron chi connectivity index (χ0n) is 20.7. The first kappa shape index (κ1) is 26.2. The Morgan fingerprint density at radius 2 is 1.86 bits per heavy atom. The van der Waals surface area contributed by atoms with Crippen LogP contribution in [0, 0.1) is 11.7 Å². The number of carbonyl (C=O) groups excluding carboxylic acids is 3. The quantitative estimate of drug-likeness (QED) is 0.720. The molecule has 1 N–H and O–H groups in total. The van der Waals surface area contributed by atoms with Gasteiger partial charge in [-0.3, -0.25) is 14.4 Å². The maximum atomic E-state index is 14.0. The topological polar surface area (TPSA) is 88.2 Å². The van der Waals surface area contributed by atoms with Gasteiger partial charge in [0.15, 0.2) is 0 Å². The Morgan fingerprint density at radius 3 is 2.51 bits per heavy atom. The van der Waals surface area contributed by atoms with E-state index >= 15 is 0 Å². The van der Waals surface area contributed by atoms with Crippen molar-refractivity contribution in [2.75, 3.05) is 39.2 Å². The second-order valence-corrected chi connectivity index (χ2v) is 8.91. The molecule has 2 aromatic carbocycles.